The first-order valence-corrected chi connectivity index (χ1v) is 6.56. The molecule has 0 unspecified atom stereocenters. The number of benzene rings is 1. The van der Waals surface area contributed by atoms with E-state index in [-0.39, 0.29) is 11.9 Å². The maximum atomic E-state index is 12.1. The highest BCUT2D eigenvalue weighted by atomic mass is 35.5. The van der Waals surface area contributed by atoms with E-state index in [4.69, 9.17) is 11.6 Å². The van der Waals surface area contributed by atoms with Crippen molar-refractivity contribution in [3.63, 3.8) is 0 Å². The first-order valence-electron chi connectivity index (χ1n) is 6.19. The highest BCUT2D eigenvalue weighted by molar-refractivity contribution is 6.31. The topological polar surface area (TPSA) is 41.1 Å². The first kappa shape index (κ1) is 15.0. The molecule has 0 aromatic heterocycles. The fourth-order valence-corrected chi connectivity index (χ4v) is 2.10. The molecule has 100 valence electrons. The number of likely N-dealkylation sites (N-methyl/N-ethyl adjacent to an activating group) is 1. The molecule has 0 saturated heterocycles. The molecule has 0 bridgehead atoms. The minimum atomic E-state index is -0.579. The summed E-state index contributed by atoms with van der Waals surface area (Å²) in [6.07, 6.45) is 0. The largest absolute Gasteiger partial charge is 0.348 e. The summed E-state index contributed by atoms with van der Waals surface area (Å²) < 4.78 is 0. The molecule has 3 nitrogen and oxygen atoms in total. The van der Waals surface area contributed by atoms with Gasteiger partial charge in [-0.2, -0.15) is 0 Å². The summed E-state index contributed by atoms with van der Waals surface area (Å²) >= 11 is 6.11. The van der Waals surface area contributed by atoms with Gasteiger partial charge in [-0.25, -0.2) is 0 Å². The van der Waals surface area contributed by atoms with Crippen molar-refractivity contribution in [2.75, 3.05) is 6.54 Å². The van der Waals surface area contributed by atoms with Crippen LogP contribution in [0.1, 0.15) is 39.3 Å². The Bertz CT molecular complexity index is 418. The second-order valence-electron chi connectivity index (χ2n) is 4.87. The van der Waals surface area contributed by atoms with Crippen LogP contribution in [0.5, 0.6) is 0 Å². The molecule has 0 spiro atoms. The van der Waals surface area contributed by atoms with E-state index in [1.807, 2.05) is 52.0 Å². The molecule has 0 fully saturated rings. The summed E-state index contributed by atoms with van der Waals surface area (Å²) in [4.78, 5) is 12.1. The SMILES string of the molecule is CCNC(C)(C)C(=O)N[C@H](C)c1ccccc1Cl. The molecule has 1 atom stereocenters. The van der Waals surface area contributed by atoms with Crippen molar-refractivity contribution in [1.82, 2.24) is 10.6 Å². The van der Waals surface area contributed by atoms with Crippen molar-refractivity contribution in [3.05, 3.63) is 34.9 Å². The van der Waals surface area contributed by atoms with Crippen LogP contribution in [0.2, 0.25) is 5.02 Å². The van der Waals surface area contributed by atoms with E-state index in [0.29, 0.717) is 5.02 Å². The van der Waals surface area contributed by atoms with E-state index in [1.54, 1.807) is 0 Å². The Morgan fingerprint density at radius 3 is 2.56 bits per heavy atom. The number of rotatable bonds is 5. The summed E-state index contributed by atoms with van der Waals surface area (Å²) in [6, 6.07) is 7.44. The smallest absolute Gasteiger partial charge is 0.240 e. The second-order valence-corrected chi connectivity index (χ2v) is 5.28. The van der Waals surface area contributed by atoms with Crippen LogP contribution < -0.4 is 10.6 Å². The van der Waals surface area contributed by atoms with Crippen LogP contribution >= 0.6 is 11.6 Å². The predicted octanol–water partition coefficient (Wildman–Crippen LogP) is 2.91. The van der Waals surface area contributed by atoms with Crippen molar-refractivity contribution >= 4 is 17.5 Å². The third kappa shape index (κ3) is 3.72. The predicted molar refractivity (Wildman–Crippen MR) is 75.8 cm³/mol. The molecular formula is C14H21ClN2O. The molecule has 4 heteroatoms. The summed E-state index contributed by atoms with van der Waals surface area (Å²) in [6.45, 7) is 8.39. The number of amides is 1. The average molecular weight is 269 g/mol. The zero-order chi connectivity index (χ0) is 13.8. The van der Waals surface area contributed by atoms with E-state index in [2.05, 4.69) is 10.6 Å². The van der Waals surface area contributed by atoms with E-state index < -0.39 is 5.54 Å². The molecule has 0 aliphatic heterocycles. The van der Waals surface area contributed by atoms with Crippen LogP contribution in [0.4, 0.5) is 0 Å². The Morgan fingerprint density at radius 1 is 1.39 bits per heavy atom. The molecule has 0 saturated carbocycles. The van der Waals surface area contributed by atoms with E-state index >= 15 is 0 Å². The molecule has 2 N–H and O–H groups in total. The Kier molecular flexibility index (Phi) is 5.17. The van der Waals surface area contributed by atoms with Gasteiger partial charge in [-0.1, -0.05) is 36.7 Å². The van der Waals surface area contributed by atoms with Crippen LogP contribution in [-0.4, -0.2) is 18.0 Å². The number of carbonyl (C=O) groups is 1. The van der Waals surface area contributed by atoms with Gasteiger partial charge in [0.25, 0.3) is 0 Å². The zero-order valence-corrected chi connectivity index (χ0v) is 12.1. The van der Waals surface area contributed by atoms with Crippen molar-refractivity contribution in [1.29, 1.82) is 0 Å². The van der Waals surface area contributed by atoms with Crippen LogP contribution in [-0.2, 0) is 4.79 Å². The standard InChI is InChI=1S/C14H21ClN2O/c1-5-16-14(3,4)13(18)17-10(2)11-8-6-7-9-12(11)15/h6-10,16H,5H2,1-4H3,(H,17,18)/t10-/m1/s1. The van der Waals surface area contributed by atoms with Crippen LogP contribution in [0.15, 0.2) is 24.3 Å². The normalized spacial score (nSPS) is 13.2. The lowest BCUT2D eigenvalue weighted by Gasteiger charge is -2.27. The lowest BCUT2D eigenvalue weighted by Crippen LogP contribution is -2.53. The lowest BCUT2D eigenvalue weighted by molar-refractivity contribution is -0.127. The molecule has 0 heterocycles. The van der Waals surface area contributed by atoms with E-state index in [9.17, 15) is 4.79 Å². The molecule has 0 aliphatic rings. The van der Waals surface area contributed by atoms with Gasteiger partial charge in [0.15, 0.2) is 0 Å². The highest BCUT2D eigenvalue weighted by Gasteiger charge is 2.27. The zero-order valence-electron chi connectivity index (χ0n) is 11.4. The van der Waals surface area contributed by atoms with Gasteiger partial charge >= 0.3 is 0 Å². The number of hydrogen-bond acceptors (Lipinski definition) is 2. The number of nitrogens with one attached hydrogen (secondary N) is 2. The molecule has 1 rings (SSSR count). The Hall–Kier alpha value is -1.06. The maximum Gasteiger partial charge on any atom is 0.240 e. The minimum Gasteiger partial charge on any atom is -0.348 e. The monoisotopic (exact) mass is 268 g/mol. The quantitative estimate of drug-likeness (QED) is 0.862. The Labute approximate surface area is 114 Å². The first-order chi connectivity index (χ1) is 8.38. The van der Waals surface area contributed by atoms with Crippen molar-refractivity contribution in [2.45, 2.75) is 39.3 Å². The molecular weight excluding hydrogens is 248 g/mol. The van der Waals surface area contributed by atoms with Crippen LogP contribution in [0, 0.1) is 0 Å². The van der Waals surface area contributed by atoms with Gasteiger partial charge in [0.05, 0.1) is 11.6 Å². The lowest BCUT2D eigenvalue weighted by atomic mass is 10.0. The Balaban J connectivity index is 2.74. The van der Waals surface area contributed by atoms with Crippen molar-refractivity contribution < 1.29 is 4.79 Å². The van der Waals surface area contributed by atoms with Gasteiger partial charge in [-0.05, 0) is 38.9 Å². The van der Waals surface area contributed by atoms with Crippen molar-refractivity contribution in [2.24, 2.45) is 0 Å². The molecule has 0 radical (unpaired) electrons. The van der Waals surface area contributed by atoms with Gasteiger partial charge < -0.3 is 10.6 Å². The highest BCUT2D eigenvalue weighted by Crippen LogP contribution is 2.22. The number of halogens is 1. The van der Waals surface area contributed by atoms with Gasteiger partial charge in [0.2, 0.25) is 5.91 Å². The fraction of sp³-hybridized carbons (Fsp3) is 0.500. The molecule has 1 aromatic rings. The number of carbonyl (C=O) groups excluding carboxylic acids is 1. The fourth-order valence-electron chi connectivity index (χ4n) is 1.80. The van der Waals surface area contributed by atoms with Gasteiger partial charge in [0, 0.05) is 5.02 Å². The summed E-state index contributed by atoms with van der Waals surface area (Å²) in [5.74, 6) is -0.0308. The van der Waals surface area contributed by atoms with E-state index in [1.165, 1.54) is 0 Å². The van der Waals surface area contributed by atoms with Crippen LogP contribution in [0.3, 0.4) is 0 Å². The molecule has 1 aromatic carbocycles. The van der Waals surface area contributed by atoms with Gasteiger partial charge in [-0.15, -0.1) is 0 Å². The second kappa shape index (κ2) is 6.21. The summed E-state index contributed by atoms with van der Waals surface area (Å²) in [7, 11) is 0. The average Bonchev–Trinajstić information content (AvgIpc) is 2.29. The third-order valence-electron chi connectivity index (χ3n) is 2.91. The minimum absolute atomic E-state index is 0.0308. The summed E-state index contributed by atoms with van der Waals surface area (Å²) in [5, 5.41) is 6.80. The van der Waals surface area contributed by atoms with E-state index in [0.717, 1.165) is 12.1 Å². The molecule has 18 heavy (non-hydrogen) atoms. The summed E-state index contributed by atoms with van der Waals surface area (Å²) in [5.41, 5.74) is 0.351. The third-order valence-corrected chi connectivity index (χ3v) is 3.25. The number of hydrogen-bond donors (Lipinski definition) is 2. The van der Waals surface area contributed by atoms with Crippen LogP contribution in [0.25, 0.3) is 0 Å². The van der Waals surface area contributed by atoms with Gasteiger partial charge in [-0.3, -0.25) is 4.79 Å². The maximum absolute atomic E-state index is 12.1. The molecule has 0 aliphatic carbocycles. The Morgan fingerprint density at radius 2 is 2.00 bits per heavy atom. The van der Waals surface area contributed by atoms with Gasteiger partial charge in [0.1, 0.15) is 0 Å². The molecule has 1 amide bonds. The van der Waals surface area contributed by atoms with Crippen molar-refractivity contribution in [3.8, 4) is 0 Å².